The number of aromatic nitrogens is 3. The zero-order valence-corrected chi connectivity index (χ0v) is 19.6. The fourth-order valence-corrected chi connectivity index (χ4v) is 4.54. The first-order chi connectivity index (χ1) is 26.4. The highest BCUT2D eigenvalue weighted by molar-refractivity contribution is 6.12. The Bertz CT molecular complexity index is 2960. The zero-order chi connectivity index (χ0) is 40.6. The van der Waals surface area contributed by atoms with Crippen molar-refractivity contribution in [2.24, 2.45) is 0 Å². The Morgan fingerprint density at radius 1 is 0.641 bits per heavy atom. The van der Waals surface area contributed by atoms with E-state index < -0.39 is 125 Å². The molecule has 0 spiro atoms. The van der Waals surface area contributed by atoms with Crippen LogP contribution >= 0.6 is 0 Å². The van der Waals surface area contributed by atoms with Gasteiger partial charge >= 0.3 is 0 Å². The molecule has 0 aliphatic heterocycles. The summed E-state index contributed by atoms with van der Waals surface area (Å²) in [6, 6.07) is -7.36. The highest BCUT2D eigenvalue weighted by Gasteiger charge is 2.21. The summed E-state index contributed by atoms with van der Waals surface area (Å²) in [6.45, 7) is 0. The molecule has 0 amide bonds. The van der Waals surface area contributed by atoms with Gasteiger partial charge in [-0.15, -0.1) is 0 Å². The number of fused-ring (bicyclic) bond motifs is 6. The zero-order valence-electron chi connectivity index (χ0n) is 36.6. The van der Waals surface area contributed by atoms with Gasteiger partial charge in [0.25, 0.3) is 0 Å². The fraction of sp³-hybridized carbons (Fsp3) is 0. The van der Waals surface area contributed by atoms with E-state index in [-0.39, 0.29) is 27.8 Å². The molecule has 0 aliphatic rings. The largest absolute Gasteiger partial charge is 0.450 e. The maximum absolute atomic E-state index is 9.71. The van der Waals surface area contributed by atoms with Crippen LogP contribution in [0.2, 0.25) is 0 Å². The van der Waals surface area contributed by atoms with Gasteiger partial charge in [0.1, 0.15) is 17.4 Å². The molecule has 3 heterocycles. The third-order valence-electron chi connectivity index (χ3n) is 6.14. The number of hydrogen-bond donors (Lipinski definition) is 0. The molecule has 8 rings (SSSR count). The van der Waals surface area contributed by atoms with Crippen LogP contribution in [0.25, 0.3) is 49.7 Å². The lowest BCUT2D eigenvalue weighted by Crippen LogP contribution is -2.09. The van der Waals surface area contributed by atoms with Crippen LogP contribution in [0.1, 0.15) is 23.3 Å². The molecule has 0 fully saturated rings. The fourth-order valence-electron chi connectivity index (χ4n) is 4.54. The minimum Gasteiger partial charge on any atom is -0.450 e. The molecule has 5 aromatic carbocycles. The van der Waals surface area contributed by atoms with Gasteiger partial charge in [0.2, 0.25) is 0 Å². The number of benzene rings is 5. The molecule has 0 radical (unpaired) electrons. The second-order valence-corrected chi connectivity index (χ2v) is 8.26. The molecule has 184 valence electrons. The number of nitrogens with zero attached hydrogens (tertiary/aromatic N) is 4. The molecule has 8 aromatic rings. The van der Waals surface area contributed by atoms with Gasteiger partial charge in [-0.25, -0.2) is 9.97 Å². The molecule has 0 saturated heterocycles. The summed E-state index contributed by atoms with van der Waals surface area (Å²) in [5.41, 5.74) is -2.34. The van der Waals surface area contributed by atoms with Crippen molar-refractivity contribution in [1.29, 1.82) is 0 Å². The molecule has 0 bridgehead atoms. The summed E-state index contributed by atoms with van der Waals surface area (Å²) in [4.78, 5) is 9.33. The third-order valence-corrected chi connectivity index (χ3v) is 6.14. The van der Waals surface area contributed by atoms with Gasteiger partial charge in [0.15, 0.2) is 11.4 Å². The number of para-hydroxylation sites is 4. The van der Waals surface area contributed by atoms with Gasteiger partial charge in [0.05, 0.1) is 34.3 Å². The molecule has 0 aliphatic carbocycles. The van der Waals surface area contributed by atoms with E-state index >= 15 is 0 Å². The molecular weight excluding hydrogens is 480 g/mol. The SMILES string of the molecule is [2H]c1c([2H])c([2H])c(N(c2c([2H])c([2H])c([2H])c([2H])c2[2H])c2c([2H])c([2H])c3c(c2[2H])c2c([2H])c([2H])c([2H])c([2H])c2n3-c2ncnc3c2oc2ccccc23)c([2H])c1[2H]. The minimum absolute atomic E-state index is 0.0290. The van der Waals surface area contributed by atoms with Crippen LogP contribution in [0.5, 0.6) is 0 Å². The lowest BCUT2D eigenvalue weighted by molar-refractivity contribution is 0.662. The molecule has 3 aromatic heterocycles. The number of anilines is 3. The monoisotopic (exact) mass is 519 g/mol. The first-order valence-corrected chi connectivity index (χ1v) is 11.5. The Balaban J connectivity index is 1.64. The van der Waals surface area contributed by atoms with E-state index in [4.69, 9.17) is 23.6 Å². The average Bonchev–Trinajstić information content (AvgIpc) is 3.75. The number of furan rings is 1. The van der Waals surface area contributed by atoms with Gasteiger partial charge in [-0.05, 0) is 60.5 Å². The molecule has 0 saturated carbocycles. The van der Waals surface area contributed by atoms with E-state index in [2.05, 4.69) is 9.97 Å². The van der Waals surface area contributed by atoms with Crippen LogP contribution < -0.4 is 4.90 Å². The minimum atomic E-state index is -0.939. The van der Waals surface area contributed by atoms with E-state index in [1.165, 1.54) is 6.33 Å². The summed E-state index contributed by atoms with van der Waals surface area (Å²) in [6.07, 6.45) is 1.17. The molecular formula is C34H22N4O. The van der Waals surface area contributed by atoms with Crippen molar-refractivity contribution in [2.75, 3.05) is 4.90 Å². The van der Waals surface area contributed by atoms with Crippen molar-refractivity contribution < 1.29 is 27.7 Å². The Labute approximate surface area is 248 Å². The van der Waals surface area contributed by atoms with Gasteiger partial charge < -0.3 is 9.32 Å². The highest BCUT2D eigenvalue weighted by atomic mass is 16.3. The van der Waals surface area contributed by atoms with E-state index in [9.17, 15) is 4.11 Å². The van der Waals surface area contributed by atoms with Crippen LogP contribution in [0.15, 0.2) is 138 Å². The standard InChI is InChI=1S/C34H22N4O/c1-3-11-23(12-4-1)37(24-13-5-2-6-14-24)25-19-20-30-28(21-25)26-15-7-9-17-29(26)38(30)34-33-32(35-22-36-34)27-16-8-10-18-31(27)39-33/h1-22H/i1D,2D,3D,4D,5D,6D,7D,9D,11D,12D,13D,14D,15D,17D,19D,20D,21D. The average molecular weight is 520 g/mol. The summed E-state index contributed by atoms with van der Waals surface area (Å²) in [5.74, 6) is -0.121. The number of rotatable bonds is 4. The van der Waals surface area contributed by atoms with Crippen LogP contribution in [-0.4, -0.2) is 14.5 Å². The van der Waals surface area contributed by atoms with Crippen molar-refractivity contribution >= 4 is 60.9 Å². The smallest absolute Gasteiger partial charge is 0.197 e. The van der Waals surface area contributed by atoms with E-state index in [1.807, 2.05) is 0 Å². The van der Waals surface area contributed by atoms with Crippen LogP contribution in [0.3, 0.4) is 0 Å². The summed E-state index contributed by atoms with van der Waals surface area (Å²) in [5, 5.41) is -0.163. The van der Waals surface area contributed by atoms with Crippen LogP contribution in [0.4, 0.5) is 17.1 Å². The van der Waals surface area contributed by atoms with Crippen molar-refractivity contribution in [3.8, 4) is 5.82 Å². The predicted octanol–water partition coefficient (Wildman–Crippen LogP) is 8.94. The van der Waals surface area contributed by atoms with Gasteiger partial charge in [0, 0.05) is 33.2 Å². The Kier molecular flexibility index (Phi) is 2.36. The highest BCUT2D eigenvalue weighted by Crippen LogP contribution is 2.40. The molecule has 5 nitrogen and oxygen atoms in total. The number of hydrogen-bond acceptors (Lipinski definition) is 4. The molecule has 0 N–H and O–H groups in total. The maximum atomic E-state index is 9.71. The van der Waals surface area contributed by atoms with E-state index in [0.29, 0.717) is 21.4 Å². The van der Waals surface area contributed by atoms with Crippen molar-refractivity contribution in [2.45, 2.75) is 0 Å². The quantitative estimate of drug-likeness (QED) is 0.233. The van der Waals surface area contributed by atoms with E-state index in [1.54, 1.807) is 24.3 Å². The third kappa shape index (κ3) is 3.33. The molecule has 0 atom stereocenters. The van der Waals surface area contributed by atoms with Crippen molar-refractivity contribution in [1.82, 2.24) is 14.5 Å². The normalized spacial score (nSPS) is 17.7. The lowest BCUT2D eigenvalue weighted by Gasteiger charge is -2.25. The molecule has 5 heteroatoms. The van der Waals surface area contributed by atoms with Crippen LogP contribution in [0, 0.1) is 0 Å². The topological polar surface area (TPSA) is 47.1 Å². The lowest BCUT2D eigenvalue weighted by atomic mass is 10.1. The van der Waals surface area contributed by atoms with Gasteiger partial charge in [-0.2, -0.15) is 0 Å². The van der Waals surface area contributed by atoms with Crippen molar-refractivity contribution in [3.63, 3.8) is 0 Å². The van der Waals surface area contributed by atoms with Crippen LogP contribution in [-0.2, 0) is 0 Å². The Hall–Kier alpha value is -5.42. The maximum Gasteiger partial charge on any atom is 0.197 e. The second kappa shape index (κ2) is 8.57. The summed E-state index contributed by atoms with van der Waals surface area (Å²) >= 11 is 0. The Morgan fingerprint density at radius 2 is 1.33 bits per heavy atom. The Morgan fingerprint density at radius 3 is 2.13 bits per heavy atom. The second-order valence-electron chi connectivity index (χ2n) is 8.26. The molecule has 0 unspecified atom stereocenters. The van der Waals surface area contributed by atoms with Gasteiger partial charge in [-0.3, -0.25) is 4.57 Å². The summed E-state index contributed by atoms with van der Waals surface area (Å²) < 4.78 is 156. The summed E-state index contributed by atoms with van der Waals surface area (Å²) in [7, 11) is 0. The first-order valence-electron chi connectivity index (χ1n) is 20.0. The predicted molar refractivity (Wildman–Crippen MR) is 158 cm³/mol. The van der Waals surface area contributed by atoms with E-state index in [0.717, 1.165) is 4.57 Å². The van der Waals surface area contributed by atoms with Crippen molar-refractivity contribution in [3.05, 3.63) is 133 Å². The molecule has 39 heavy (non-hydrogen) atoms. The first kappa shape index (κ1) is 10.8. The van der Waals surface area contributed by atoms with Gasteiger partial charge in [-0.1, -0.05) is 66.5 Å².